The Morgan fingerprint density at radius 1 is 0.897 bits per heavy atom. The standard InChI is InChI=1S/C23H29ClN5OP.C21H23ClN4O/c1-25-14-31(3)15-26-10-11-28(2)12-13-29-19-9-5-7-17-21(19)22(27-29)16-6-4-8-18(24)20(16)23(17)30;1-25(9-8-24-13-23)10-11-26-12-16-14-4-2-6-17(22)20(14)21(27)15-5-3-7-18(26)19(15)16/h4-9,15,17,21,25H,10-14H2,1-3H3;2-7,12-13,15,19H,8-11H2,1H3,(H2,23,24)/p+1. The predicted molar refractivity (Wildman–Crippen MR) is 239 cm³/mol. The van der Waals surface area contributed by atoms with Crippen LogP contribution in [0.2, 0.25) is 10.0 Å². The molecule has 0 saturated heterocycles. The highest BCUT2D eigenvalue weighted by Crippen LogP contribution is 2.51. The van der Waals surface area contributed by atoms with Gasteiger partial charge in [0.1, 0.15) is 0 Å². The molecule has 0 radical (unpaired) electrons. The molecule has 0 amide bonds. The Labute approximate surface area is 353 Å². The van der Waals surface area contributed by atoms with E-state index >= 15 is 0 Å². The highest BCUT2D eigenvalue weighted by atomic mass is 35.5. The molecule has 4 N–H and O–H groups in total. The zero-order valence-electron chi connectivity index (χ0n) is 33.6. The van der Waals surface area contributed by atoms with Gasteiger partial charge < -0.3 is 20.9 Å². The number of halogens is 2. The van der Waals surface area contributed by atoms with Crippen LogP contribution >= 0.6 is 31.1 Å². The van der Waals surface area contributed by atoms with Gasteiger partial charge in [-0.3, -0.25) is 24.5 Å². The van der Waals surface area contributed by atoms with Gasteiger partial charge in [-0.15, -0.1) is 0 Å². The third-order valence-corrected chi connectivity index (χ3v) is 13.6. The molecule has 6 aliphatic rings. The number of Topliss-reactive ketones (excluding diaryl/α,β-unsaturated/α-hetero) is 2. The van der Waals surface area contributed by atoms with Crippen molar-refractivity contribution in [3.63, 3.8) is 0 Å². The molecule has 2 heterocycles. The van der Waals surface area contributed by atoms with E-state index in [1.807, 2.05) is 55.6 Å². The summed E-state index contributed by atoms with van der Waals surface area (Å²) in [7, 11) is 6.09. The number of fused-ring (bicyclic) bond motifs is 4. The van der Waals surface area contributed by atoms with Crippen LogP contribution in [0.1, 0.15) is 31.8 Å². The molecular weight excluding hydrogens is 788 g/mol. The minimum absolute atomic E-state index is 0.000941. The highest BCUT2D eigenvalue weighted by molar-refractivity contribution is 7.71. The van der Waals surface area contributed by atoms with Crippen molar-refractivity contribution >= 4 is 66.3 Å². The lowest BCUT2D eigenvalue weighted by atomic mass is 9.70. The van der Waals surface area contributed by atoms with E-state index in [1.54, 1.807) is 12.1 Å². The van der Waals surface area contributed by atoms with Gasteiger partial charge in [0.2, 0.25) is 0 Å². The number of benzene rings is 2. The van der Waals surface area contributed by atoms with E-state index in [0.29, 0.717) is 27.7 Å². The van der Waals surface area contributed by atoms with Gasteiger partial charge in [0.25, 0.3) is 0 Å². The lowest BCUT2D eigenvalue weighted by Crippen LogP contribution is -2.71. The molecule has 2 aromatic rings. The Hall–Kier alpha value is -4.22. The second-order valence-corrected chi connectivity index (χ2v) is 18.3. The van der Waals surface area contributed by atoms with Crippen LogP contribution < -0.4 is 16.0 Å². The zero-order chi connectivity index (χ0) is 40.9. The van der Waals surface area contributed by atoms with E-state index in [2.05, 4.69) is 80.1 Å². The van der Waals surface area contributed by atoms with Crippen molar-refractivity contribution in [3.8, 4) is 0 Å². The first-order chi connectivity index (χ1) is 28.1. The molecule has 11 nitrogen and oxygen atoms in total. The number of nitrogens with zero attached hydrogens (tertiary/aromatic N) is 6. The number of ketones is 2. The third kappa shape index (κ3) is 8.58. The Bertz CT molecular complexity index is 2160. The summed E-state index contributed by atoms with van der Waals surface area (Å²) in [5.41, 5.74) is 12.9. The Balaban J connectivity index is 0.000000178. The van der Waals surface area contributed by atoms with E-state index in [4.69, 9.17) is 34.0 Å². The van der Waals surface area contributed by atoms with E-state index in [9.17, 15) is 9.59 Å². The fraction of sp³-hybridized carbons (Fsp3) is 0.386. The monoisotopic (exact) mass is 840 g/mol. The minimum Gasteiger partial charge on any atom is -0.390 e. The average molecular weight is 842 g/mol. The van der Waals surface area contributed by atoms with E-state index in [1.165, 1.54) is 17.6 Å². The van der Waals surface area contributed by atoms with Crippen LogP contribution in [0, 0.1) is 23.7 Å². The molecule has 14 heteroatoms. The molecule has 0 spiro atoms. The molecule has 5 unspecified atom stereocenters. The molecule has 58 heavy (non-hydrogen) atoms. The third-order valence-electron chi connectivity index (χ3n) is 11.5. The van der Waals surface area contributed by atoms with E-state index in [-0.39, 0.29) is 43.2 Å². The highest BCUT2D eigenvalue weighted by Gasteiger charge is 2.48. The summed E-state index contributed by atoms with van der Waals surface area (Å²) in [4.78, 5) is 40.5. The Kier molecular flexibility index (Phi) is 13.6. The summed E-state index contributed by atoms with van der Waals surface area (Å²) >= 11 is 12.8. The van der Waals surface area contributed by atoms with E-state index < -0.39 is 0 Å². The van der Waals surface area contributed by atoms with Gasteiger partial charge in [-0.2, -0.15) is 5.10 Å². The van der Waals surface area contributed by atoms with E-state index in [0.717, 1.165) is 74.6 Å². The summed E-state index contributed by atoms with van der Waals surface area (Å²) in [6.45, 7) is 9.15. The molecule has 8 rings (SSSR count). The van der Waals surface area contributed by atoms with Gasteiger partial charge in [-0.05, 0) is 71.2 Å². The van der Waals surface area contributed by atoms with Crippen LogP contribution in [-0.2, 0) is 0 Å². The average Bonchev–Trinajstić information content (AvgIpc) is 3.79. The lowest BCUT2D eigenvalue weighted by molar-refractivity contribution is -0.449. The van der Waals surface area contributed by atoms with Crippen LogP contribution in [-0.4, -0.2) is 136 Å². The fourth-order valence-corrected chi connectivity index (χ4v) is 10.2. The first kappa shape index (κ1) is 41.9. The van der Waals surface area contributed by atoms with Crippen molar-refractivity contribution in [1.82, 2.24) is 25.0 Å². The molecule has 0 fully saturated rings. The summed E-state index contributed by atoms with van der Waals surface area (Å²) < 4.78 is 0. The van der Waals surface area contributed by atoms with Crippen LogP contribution in [0.15, 0.2) is 101 Å². The number of hydrogen-bond acceptors (Lipinski definition) is 9. The summed E-state index contributed by atoms with van der Waals surface area (Å²) in [6, 6.07) is 11.4. The second-order valence-electron chi connectivity index (χ2n) is 15.4. The number of nitrogens with one attached hydrogen (secondary N) is 2. The van der Waals surface area contributed by atoms with Crippen molar-refractivity contribution in [2.24, 2.45) is 39.5 Å². The van der Waals surface area contributed by atoms with Crippen LogP contribution in [0.5, 0.6) is 0 Å². The number of allylic oxidation sites excluding steroid dienone is 8. The second kappa shape index (κ2) is 18.8. The molecule has 5 atom stereocenters. The van der Waals surface area contributed by atoms with Crippen molar-refractivity contribution in [2.75, 3.05) is 86.5 Å². The summed E-state index contributed by atoms with van der Waals surface area (Å²) in [5, 5.41) is 11.3. The van der Waals surface area contributed by atoms with Gasteiger partial charge in [0.05, 0.1) is 59.5 Å². The van der Waals surface area contributed by atoms with Gasteiger partial charge in [0, 0.05) is 72.7 Å². The number of nitrogens with two attached hydrogens (primary N) is 1. The zero-order valence-corrected chi connectivity index (χ0v) is 36.0. The van der Waals surface area contributed by atoms with Gasteiger partial charge in [-0.25, -0.2) is 4.99 Å². The first-order valence-electron chi connectivity index (χ1n) is 19.9. The number of rotatable bonds is 15. The van der Waals surface area contributed by atoms with Crippen LogP contribution in [0.4, 0.5) is 0 Å². The Morgan fingerprint density at radius 2 is 1.53 bits per heavy atom. The normalized spacial score (nSPS) is 22.8. The fourth-order valence-electron chi connectivity index (χ4n) is 8.59. The van der Waals surface area contributed by atoms with Gasteiger partial charge in [0.15, 0.2) is 24.1 Å². The maximum Gasteiger partial charge on any atom is 0.172 e. The van der Waals surface area contributed by atoms with Crippen LogP contribution in [0.25, 0.3) is 5.57 Å². The molecule has 304 valence electrons. The molecule has 2 aliphatic heterocycles. The van der Waals surface area contributed by atoms with Crippen LogP contribution in [0.3, 0.4) is 0 Å². The summed E-state index contributed by atoms with van der Waals surface area (Å²) in [6.07, 6.45) is 16.8. The largest absolute Gasteiger partial charge is 0.390 e. The number of likely N-dealkylation sites (N-methyl/N-ethyl adjacent to an activating group) is 2. The maximum atomic E-state index is 13.1. The molecule has 0 saturated carbocycles. The number of aliphatic imine (C=N–C) groups is 1. The van der Waals surface area contributed by atoms with Crippen molar-refractivity contribution in [2.45, 2.75) is 0 Å². The van der Waals surface area contributed by atoms with Crippen molar-refractivity contribution in [3.05, 3.63) is 123 Å². The molecule has 0 aromatic heterocycles. The molecule has 2 aromatic carbocycles. The van der Waals surface area contributed by atoms with Crippen molar-refractivity contribution in [1.29, 1.82) is 0 Å². The quantitative estimate of drug-likeness (QED) is 0.137. The molecule has 0 bridgehead atoms. The first-order valence-corrected chi connectivity index (χ1v) is 22.7. The summed E-state index contributed by atoms with van der Waals surface area (Å²) in [5.74, 6) is 2.16. The number of carbonyl (C=O) groups is 2. The van der Waals surface area contributed by atoms with Crippen molar-refractivity contribution < 1.29 is 14.6 Å². The molecule has 4 aliphatic carbocycles. The van der Waals surface area contributed by atoms with Gasteiger partial charge in [-0.1, -0.05) is 71.8 Å². The lowest BCUT2D eigenvalue weighted by Gasteiger charge is -2.33. The Morgan fingerprint density at radius 3 is 2.24 bits per heavy atom. The molecular formula is C44H53Cl2N9O2P+. The van der Waals surface area contributed by atoms with Gasteiger partial charge >= 0.3 is 0 Å². The smallest absolute Gasteiger partial charge is 0.172 e. The number of carbonyl (C=O) groups excluding carboxylic acids is 2. The maximum absolute atomic E-state index is 13.1. The predicted octanol–water partition coefficient (Wildman–Crippen LogP) is 4.37. The SMILES string of the molecule is CN(CCN=CN)CCN1C=C2c3cccc(Cl)c3C(=O)C3C=CC=C1C23.CNCP(C)C=[NH+]CCN(C)CCN1N=C2c3cccc(Cl)c3C(=O)C3C=CC=C1C23. The number of hydrogen-bond donors (Lipinski definition) is 3. The number of hydrazone groups is 1. The minimum atomic E-state index is -0.213. The topological polar surface area (TPSA) is 124 Å².